The molecule has 0 radical (unpaired) electrons. The molecule has 1 aromatic carbocycles. The number of piperidine rings is 1. The molecule has 0 atom stereocenters. The van der Waals surface area contributed by atoms with Crippen molar-refractivity contribution >= 4 is 29.0 Å². The Balaban J connectivity index is 0.00000361. The summed E-state index contributed by atoms with van der Waals surface area (Å²) in [4.78, 5) is 24.5. The number of anilines is 4. The number of nitrogens with zero attached hydrogens (tertiary/aromatic N) is 4. The van der Waals surface area contributed by atoms with E-state index in [2.05, 4.69) is 37.7 Å². The second-order valence-corrected chi connectivity index (χ2v) is 8.89. The Morgan fingerprint density at radius 3 is 2.78 bits per heavy atom. The van der Waals surface area contributed by atoms with Crippen LogP contribution in [0.1, 0.15) is 41.7 Å². The summed E-state index contributed by atoms with van der Waals surface area (Å²) < 4.78 is 4.93. The molecule has 36 heavy (non-hydrogen) atoms. The van der Waals surface area contributed by atoms with E-state index < -0.39 is 6.79 Å². The monoisotopic (exact) mass is 666 g/mol. The molecule has 4 bridgehead atoms. The summed E-state index contributed by atoms with van der Waals surface area (Å²) in [7, 11) is 0. The zero-order valence-electron chi connectivity index (χ0n) is 20.5. The number of nitrogens with one attached hydrogen (secondary N) is 2. The van der Waals surface area contributed by atoms with Crippen molar-refractivity contribution in [3.63, 3.8) is 0 Å². The van der Waals surface area contributed by atoms with Gasteiger partial charge in [0, 0.05) is 52.5 Å². The van der Waals surface area contributed by atoms with Crippen molar-refractivity contribution < 1.29 is 40.9 Å². The summed E-state index contributed by atoms with van der Waals surface area (Å²) in [5.41, 5.74) is 2.59. The summed E-state index contributed by atoms with van der Waals surface area (Å²) in [5, 5.41) is 26.5. The first-order valence-corrected chi connectivity index (χ1v) is 12.1. The van der Waals surface area contributed by atoms with Gasteiger partial charge in [-0.15, -0.1) is 0 Å². The maximum Gasteiger partial charge on any atom is 0.258 e. The Morgan fingerprint density at radius 2 is 2.00 bits per heavy atom. The molecule has 4 N–H and O–H groups in total. The number of aromatic nitrogens is 2. The van der Waals surface area contributed by atoms with Gasteiger partial charge in [0.15, 0.2) is 0 Å². The number of aliphatic hydroxyl groups is 1. The number of amides is 1. The second kappa shape index (κ2) is 13.7. The van der Waals surface area contributed by atoms with Gasteiger partial charge in [0.1, 0.15) is 12.6 Å². The topological polar surface area (TPSA) is 123 Å². The summed E-state index contributed by atoms with van der Waals surface area (Å²) in [5.74, 6) is 1.26. The molecule has 1 fully saturated rings. The number of hydroxylamine groups is 1. The first-order valence-electron chi connectivity index (χ1n) is 12.1. The van der Waals surface area contributed by atoms with Crippen molar-refractivity contribution in [2.45, 2.75) is 32.6 Å². The van der Waals surface area contributed by atoms with Crippen LogP contribution in [0, 0.1) is 12.8 Å². The maximum atomic E-state index is 13.4. The zero-order valence-corrected chi connectivity index (χ0v) is 23.5. The minimum atomic E-state index is -0.401. The van der Waals surface area contributed by atoms with Gasteiger partial charge in [0.2, 0.25) is 5.95 Å². The van der Waals surface area contributed by atoms with Crippen molar-refractivity contribution in [3.8, 4) is 0 Å². The first kappa shape index (κ1) is 28.1. The van der Waals surface area contributed by atoms with Crippen LogP contribution in [0.3, 0.4) is 0 Å². The number of fused-ring (bicyclic) bond motifs is 7. The number of rotatable bonds is 5. The van der Waals surface area contributed by atoms with Crippen LogP contribution in [-0.4, -0.2) is 65.8 Å². The van der Waals surface area contributed by atoms with Crippen molar-refractivity contribution in [1.82, 2.24) is 9.97 Å². The third-order valence-electron chi connectivity index (χ3n) is 6.34. The molecule has 4 heterocycles. The predicted octanol–water partition coefficient (Wildman–Crippen LogP) is 3.18. The molecule has 0 saturated carbocycles. The van der Waals surface area contributed by atoms with Gasteiger partial charge in [-0.2, -0.15) is 4.98 Å². The third kappa shape index (κ3) is 7.49. The molecule has 11 heteroatoms. The van der Waals surface area contributed by atoms with Gasteiger partial charge >= 0.3 is 0 Å². The fourth-order valence-electron chi connectivity index (χ4n) is 4.46. The Labute approximate surface area is 226 Å². The van der Waals surface area contributed by atoms with Gasteiger partial charge in [-0.1, -0.05) is 12.2 Å². The van der Waals surface area contributed by atoms with Gasteiger partial charge in [-0.25, -0.2) is 4.98 Å². The van der Waals surface area contributed by atoms with Gasteiger partial charge < -0.3 is 25.4 Å². The molecule has 1 saturated heterocycles. The third-order valence-corrected chi connectivity index (χ3v) is 6.34. The molecule has 1 aromatic heterocycles. The Morgan fingerprint density at radius 1 is 1.19 bits per heavy atom. The van der Waals surface area contributed by atoms with E-state index in [9.17, 15) is 10.0 Å². The van der Waals surface area contributed by atoms with Crippen molar-refractivity contribution in [3.05, 3.63) is 47.7 Å². The zero-order chi connectivity index (χ0) is 24.6. The molecule has 3 aliphatic heterocycles. The van der Waals surface area contributed by atoms with E-state index in [-0.39, 0.29) is 40.1 Å². The van der Waals surface area contributed by atoms with Crippen molar-refractivity contribution in [2.24, 2.45) is 5.92 Å². The van der Waals surface area contributed by atoms with Gasteiger partial charge in [0.05, 0.1) is 30.1 Å². The van der Waals surface area contributed by atoms with Crippen LogP contribution in [0.4, 0.5) is 23.1 Å². The molecule has 0 spiro atoms. The van der Waals surface area contributed by atoms with Gasteiger partial charge in [-0.3, -0.25) is 15.1 Å². The Hall–Kier alpha value is -2.52. The molecule has 0 aliphatic carbocycles. The number of hydrogen-bond donors (Lipinski definition) is 4. The maximum absolute atomic E-state index is 13.4. The molecule has 10 nitrogen and oxygen atoms in total. The van der Waals surface area contributed by atoms with Crippen LogP contribution in [-0.2, 0) is 25.8 Å². The molecular formula is C25H34N6O4W. The fourth-order valence-corrected chi connectivity index (χ4v) is 4.46. The molecule has 3 aliphatic rings. The number of allylic oxidation sites excluding steroid dienone is 1. The smallest absolute Gasteiger partial charge is 0.258 e. The molecule has 2 aromatic rings. The Kier molecular flexibility index (Phi) is 10.7. The largest absolute Gasteiger partial charge is 0.371 e. The van der Waals surface area contributed by atoms with E-state index in [1.807, 2.05) is 13.0 Å². The van der Waals surface area contributed by atoms with Crippen molar-refractivity contribution in [2.75, 3.05) is 60.2 Å². The molecule has 0 unspecified atom stereocenters. The molecular weight excluding hydrogens is 632 g/mol. The summed E-state index contributed by atoms with van der Waals surface area (Å²) >= 11 is 0. The van der Waals surface area contributed by atoms with Crippen LogP contribution in [0.25, 0.3) is 0 Å². The van der Waals surface area contributed by atoms with Crippen LogP contribution in [0.15, 0.2) is 36.4 Å². The predicted molar refractivity (Wildman–Crippen MR) is 135 cm³/mol. The first-order chi connectivity index (χ1) is 17.0. The van der Waals surface area contributed by atoms with E-state index in [1.54, 1.807) is 18.2 Å². The van der Waals surface area contributed by atoms with E-state index in [0.29, 0.717) is 28.9 Å². The van der Waals surface area contributed by atoms with Crippen molar-refractivity contribution in [1.29, 1.82) is 0 Å². The SMILES string of the molecule is Cc1cc2nc(n1)NCC/C=C/CC1CCN(CC1)c1cc(N(O)CCOCO)ccc1C(=O)N2.[W]. The average Bonchev–Trinajstić information content (AvgIpc) is 2.85. The van der Waals surface area contributed by atoms with Crippen LogP contribution >= 0.6 is 0 Å². The minimum Gasteiger partial charge on any atom is -0.371 e. The number of aryl methyl sites for hydroxylation is 1. The van der Waals surface area contributed by atoms with Gasteiger partial charge in [-0.05, 0) is 56.7 Å². The Bertz CT molecular complexity index is 1050. The summed E-state index contributed by atoms with van der Waals surface area (Å²) in [6, 6.07) is 7.01. The fraction of sp³-hybridized carbons (Fsp3) is 0.480. The van der Waals surface area contributed by atoms with Gasteiger partial charge in [0.25, 0.3) is 5.91 Å². The normalized spacial score (nSPS) is 17.3. The number of ether oxygens (including phenoxy) is 1. The molecule has 1 amide bonds. The number of aliphatic hydroxyl groups excluding tert-OH is 1. The molecule has 194 valence electrons. The second-order valence-electron chi connectivity index (χ2n) is 8.89. The average molecular weight is 666 g/mol. The summed E-state index contributed by atoms with van der Waals surface area (Å²) in [6.45, 7) is 4.22. The van der Waals surface area contributed by atoms with Crippen LogP contribution in [0.2, 0.25) is 0 Å². The van der Waals surface area contributed by atoms with E-state index >= 15 is 0 Å². The summed E-state index contributed by atoms with van der Waals surface area (Å²) in [6.07, 6.45) is 8.46. The quantitative estimate of drug-likeness (QED) is 0.165. The standard InChI is InChI=1S/C25H34N6O4.W/c1-18-15-23-28-24(33)21-7-6-20(31(34)13-14-35-17-32)16-22(21)30-11-8-19(9-12-30)5-3-2-4-10-26-25(27-18)29-23;/h2-3,6-7,15-16,19,32,34H,4-5,8-14,17H2,1H3,(H2,26,27,28,29,33);/b3-2+;. The number of hydrogen-bond acceptors (Lipinski definition) is 9. The van der Waals surface area contributed by atoms with Crippen LogP contribution < -0.4 is 20.6 Å². The minimum absolute atomic E-state index is 0. The molecule has 5 rings (SSSR count). The number of carbonyl (C=O) groups excluding carboxylic acids is 1. The van der Waals surface area contributed by atoms with E-state index in [1.165, 1.54) is 0 Å². The number of carbonyl (C=O) groups is 1. The number of benzene rings is 1. The van der Waals surface area contributed by atoms with E-state index in [4.69, 9.17) is 9.84 Å². The van der Waals surface area contributed by atoms with E-state index in [0.717, 1.165) is 61.8 Å². The van der Waals surface area contributed by atoms with Crippen LogP contribution in [0.5, 0.6) is 0 Å².